The van der Waals surface area contributed by atoms with E-state index in [2.05, 4.69) is 29.6 Å². The second-order valence-electron chi connectivity index (χ2n) is 8.44. The van der Waals surface area contributed by atoms with Crippen LogP contribution in [0, 0.1) is 0 Å². The van der Waals surface area contributed by atoms with Crippen molar-refractivity contribution in [2.45, 2.75) is 31.7 Å². The van der Waals surface area contributed by atoms with Gasteiger partial charge in [-0.25, -0.2) is 4.79 Å². The van der Waals surface area contributed by atoms with Crippen molar-refractivity contribution in [3.05, 3.63) is 77.4 Å². The molecule has 1 N–H and O–H groups in total. The van der Waals surface area contributed by atoms with Crippen LogP contribution in [0.3, 0.4) is 0 Å². The zero-order chi connectivity index (χ0) is 25.3. The van der Waals surface area contributed by atoms with E-state index >= 15 is 0 Å². The fraction of sp³-hybridized carbons (Fsp3) is 0.310. The number of benzene rings is 3. The van der Waals surface area contributed by atoms with Gasteiger partial charge < -0.3 is 24.3 Å². The van der Waals surface area contributed by atoms with E-state index in [1.54, 1.807) is 26.4 Å². The number of alkyl carbamates (subject to hydrolysis) is 1. The van der Waals surface area contributed by atoms with Gasteiger partial charge in [0.1, 0.15) is 23.9 Å². The smallest absolute Gasteiger partial charge is 0.407 e. The van der Waals surface area contributed by atoms with Gasteiger partial charge in [-0.15, -0.1) is 0 Å². The fourth-order valence-corrected chi connectivity index (χ4v) is 4.52. The van der Waals surface area contributed by atoms with E-state index in [9.17, 15) is 9.59 Å². The minimum absolute atomic E-state index is 0.00641. The zero-order valence-electron chi connectivity index (χ0n) is 20.5. The maximum atomic E-state index is 12.6. The second-order valence-corrected chi connectivity index (χ2v) is 8.44. The Labute approximate surface area is 211 Å². The molecule has 3 aromatic rings. The van der Waals surface area contributed by atoms with E-state index in [0.29, 0.717) is 35.8 Å². The Morgan fingerprint density at radius 1 is 0.917 bits per heavy atom. The molecule has 0 aliphatic heterocycles. The minimum atomic E-state index is -0.520. The van der Waals surface area contributed by atoms with E-state index in [-0.39, 0.29) is 19.1 Å². The van der Waals surface area contributed by atoms with E-state index in [1.165, 1.54) is 11.1 Å². The molecule has 0 aromatic heterocycles. The third-order valence-corrected chi connectivity index (χ3v) is 6.28. The van der Waals surface area contributed by atoms with E-state index < -0.39 is 6.09 Å². The molecule has 0 bridgehead atoms. The summed E-state index contributed by atoms with van der Waals surface area (Å²) >= 11 is 0. The SMILES string of the molecule is COc1cc(OCCCC[C]=O)cc(OC)c1CNC(=O)OCC1c2ccccc2-c2ccccc21. The highest BCUT2D eigenvalue weighted by molar-refractivity contribution is 5.79. The Hall–Kier alpha value is -4.00. The molecule has 0 unspecified atom stereocenters. The number of carbonyl (C=O) groups is 1. The first-order valence-electron chi connectivity index (χ1n) is 12.0. The zero-order valence-corrected chi connectivity index (χ0v) is 20.5. The average molecular weight is 489 g/mol. The van der Waals surface area contributed by atoms with Crippen molar-refractivity contribution >= 4 is 12.4 Å². The van der Waals surface area contributed by atoms with Crippen LogP contribution in [0.5, 0.6) is 17.2 Å². The van der Waals surface area contributed by atoms with Crippen molar-refractivity contribution in [1.29, 1.82) is 0 Å². The Balaban J connectivity index is 1.37. The van der Waals surface area contributed by atoms with Gasteiger partial charge in [0.15, 0.2) is 6.29 Å². The van der Waals surface area contributed by atoms with Crippen LogP contribution in [0.1, 0.15) is 41.9 Å². The van der Waals surface area contributed by atoms with Crippen LogP contribution >= 0.6 is 0 Å². The fourth-order valence-electron chi connectivity index (χ4n) is 4.52. The number of amides is 1. The maximum absolute atomic E-state index is 12.6. The first kappa shape index (κ1) is 25.1. The molecule has 7 nitrogen and oxygen atoms in total. The maximum Gasteiger partial charge on any atom is 0.407 e. The van der Waals surface area contributed by atoms with Gasteiger partial charge in [-0.3, -0.25) is 4.79 Å². The Morgan fingerprint density at radius 2 is 1.53 bits per heavy atom. The molecule has 0 saturated heterocycles. The predicted octanol–water partition coefficient (Wildman–Crippen LogP) is 5.40. The number of unbranched alkanes of at least 4 members (excludes halogenated alkanes) is 2. The van der Waals surface area contributed by atoms with Crippen molar-refractivity contribution in [2.75, 3.05) is 27.4 Å². The molecule has 36 heavy (non-hydrogen) atoms. The number of ether oxygens (including phenoxy) is 4. The van der Waals surface area contributed by atoms with Gasteiger partial charge in [-0.2, -0.15) is 0 Å². The van der Waals surface area contributed by atoms with Gasteiger partial charge in [0.25, 0.3) is 0 Å². The normalized spacial score (nSPS) is 11.8. The largest absolute Gasteiger partial charge is 0.496 e. The molecule has 4 rings (SSSR count). The monoisotopic (exact) mass is 488 g/mol. The van der Waals surface area contributed by atoms with Crippen LogP contribution in [-0.2, 0) is 16.1 Å². The van der Waals surface area contributed by atoms with E-state index in [4.69, 9.17) is 18.9 Å². The van der Waals surface area contributed by atoms with Crippen LogP contribution in [-0.4, -0.2) is 39.8 Å². The molecule has 0 fully saturated rings. The molecule has 3 aromatic carbocycles. The third kappa shape index (κ3) is 5.62. The summed E-state index contributed by atoms with van der Waals surface area (Å²) in [5.74, 6) is 1.64. The summed E-state index contributed by atoms with van der Waals surface area (Å²) < 4.78 is 22.4. The van der Waals surface area contributed by atoms with E-state index in [0.717, 1.165) is 24.0 Å². The average Bonchev–Trinajstić information content (AvgIpc) is 3.24. The molecule has 0 atom stereocenters. The summed E-state index contributed by atoms with van der Waals surface area (Å²) in [5, 5.41) is 2.81. The van der Waals surface area contributed by atoms with Crippen LogP contribution in [0.15, 0.2) is 60.7 Å². The highest BCUT2D eigenvalue weighted by atomic mass is 16.5. The highest BCUT2D eigenvalue weighted by Crippen LogP contribution is 2.44. The molecule has 1 amide bonds. The first-order chi connectivity index (χ1) is 17.7. The van der Waals surface area contributed by atoms with Gasteiger partial charge in [-0.05, 0) is 35.1 Å². The molecule has 1 radical (unpaired) electrons. The lowest BCUT2D eigenvalue weighted by atomic mass is 9.98. The molecular formula is C29H30NO6. The second kappa shape index (κ2) is 12.1. The lowest BCUT2D eigenvalue weighted by Crippen LogP contribution is -2.26. The van der Waals surface area contributed by atoms with Gasteiger partial charge in [0, 0.05) is 24.5 Å². The lowest BCUT2D eigenvalue weighted by Gasteiger charge is -2.17. The van der Waals surface area contributed by atoms with Gasteiger partial charge >= 0.3 is 6.09 Å². The van der Waals surface area contributed by atoms with Gasteiger partial charge in [0.05, 0.1) is 32.9 Å². The highest BCUT2D eigenvalue weighted by Gasteiger charge is 2.29. The summed E-state index contributed by atoms with van der Waals surface area (Å²) in [6, 6.07) is 19.9. The minimum Gasteiger partial charge on any atom is -0.496 e. The van der Waals surface area contributed by atoms with Crippen molar-refractivity contribution in [1.82, 2.24) is 5.32 Å². The van der Waals surface area contributed by atoms with Gasteiger partial charge in [-0.1, -0.05) is 48.5 Å². The number of carbonyl (C=O) groups excluding carboxylic acids is 2. The number of fused-ring (bicyclic) bond motifs is 3. The molecule has 187 valence electrons. The van der Waals surface area contributed by atoms with Crippen LogP contribution in [0.25, 0.3) is 11.1 Å². The number of rotatable bonds is 12. The molecule has 0 heterocycles. The number of hydrogen-bond donors (Lipinski definition) is 1. The van der Waals surface area contributed by atoms with Gasteiger partial charge in [0.2, 0.25) is 0 Å². The van der Waals surface area contributed by atoms with Crippen molar-refractivity contribution in [3.63, 3.8) is 0 Å². The molecule has 0 spiro atoms. The summed E-state index contributed by atoms with van der Waals surface area (Å²) in [7, 11) is 3.10. The Morgan fingerprint density at radius 3 is 2.11 bits per heavy atom. The lowest BCUT2D eigenvalue weighted by molar-refractivity contribution is 0.142. The summed E-state index contributed by atoms with van der Waals surface area (Å²) in [4.78, 5) is 22.9. The summed E-state index contributed by atoms with van der Waals surface area (Å²) in [5.41, 5.74) is 5.36. The quantitative estimate of drug-likeness (QED) is 0.344. The summed E-state index contributed by atoms with van der Waals surface area (Å²) in [6.45, 7) is 0.868. The van der Waals surface area contributed by atoms with Crippen molar-refractivity contribution in [2.24, 2.45) is 0 Å². The molecule has 7 heteroatoms. The van der Waals surface area contributed by atoms with Crippen molar-refractivity contribution in [3.8, 4) is 28.4 Å². The summed E-state index contributed by atoms with van der Waals surface area (Å²) in [6.07, 6.45) is 3.22. The third-order valence-electron chi connectivity index (χ3n) is 6.28. The Bertz CT molecular complexity index is 1140. The standard InChI is InChI=1S/C29H30NO6/c1-33-27-16-20(35-15-9-3-8-14-31)17-28(34-2)25(27)18-30-29(32)36-19-26-23-12-6-4-10-21(23)22-11-5-7-13-24(22)26/h4-7,10-13,16-17,26H,3,8-9,15,18-19H2,1-2H3,(H,30,32). The number of hydrogen-bond acceptors (Lipinski definition) is 6. The topological polar surface area (TPSA) is 83.1 Å². The van der Waals surface area contributed by atoms with Crippen LogP contribution in [0.4, 0.5) is 4.79 Å². The first-order valence-corrected chi connectivity index (χ1v) is 12.0. The number of nitrogens with one attached hydrogen (secondary N) is 1. The van der Waals surface area contributed by atoms with E-state index in [1.807, 2.05) is 30.6 Å². The molecule has 1 aliphatic rings. The van der Waals surface area contributed by atoms with Crippen LogP contribution in [0.2, 0.25) is 0 Å². The predicted molar refractivity (Wildman–Crippen MR) is 136 cm³/mol. The Kier molecular flexibility index (Phi) is 8.44. The van der Waals surface area contributed by atoms with Crippen molar-refractivity contribution < 1.29 is 28.5 Å². The number of methoxy groups -OCH3 is 2. The molecule has 0 saturated carbocycles. The van der Waals surface area contributed by atoms with Crippen LogP contribution < -0.4 is 19.5 Å². The molecule has 1 aliphatic carbocycles. The molecular weight excluding hydrogens is 458 g/mol.